The molecule has 0 bridgehead atoms. The van der Waals surface area contributed by atoms with Gasteiger partial charge in [-0.25, -0.2) is 15.0 Å². The molecule has 2 N–H and O–H groups in total. The molecule has 0 atom stereocenters. The Hall–Kier alpha value is -4.06. The summed E-state index contributed by atoms with van der Waals surface area (Å²) in [6.07, 6.45) is -5.02. The molecule has 186 valence electrons. The number of hydrogen-bond acceptors (Lipinski definition) is 6. The van der Waals surface area contributed by atoms with E-state index in [2.05, 4.69) is 37.1 Å². The van der Waals surface area contributed by atoms with Crippen molar-refractivity contribution in [3.8, 4) is 11.3 Å². The average molecular weight is 504 g/mol. The molecule has 0 amide bonds. The fourth-order valence-corrected chi connectivity index (χ4v) is 3.39. The number of halogens is 6. The molecular formula is C24H18F6N6. The number of alkyl halides is 6. The number of fused-ring (bicyclic) bond motifs is 1. The van der Waals surface area contributed by atoms with Gasteiger partial charge in [-0.1, -0.05) is 6.08 Å². The third kappa shape index (κ3) is 5.60. The van der Waals surface area contributed by atoms with Gasteiger partial charge in [0.2, 0.25) is 0 Å². The third-order valence-corrected chi connectivity index (χ3v) is 5.02. The number of aromatic nitrogens is 4. The highest BCUT2D eigenvalue weighted by Gasteiger charge is 2.34. The highest BCUT2D eigenvalue weighted by molar-refractivity contribution is 5.89. The van der Waals surface area contributed by atoms with Gasteiger partial charge in [-0.05, 0) is 42.5 Å². The molecule has 4 rings (SSSR count). The maximum atomic E-state index is 13.5. The van der Waals surface area contributed by atoms with Crippen molar-refractivity contribution in [3.05, 3.63) is 84.5 Å². The van der Waals surface area contributed by atoms with Gasteiger partial charge in [-0.15, -0.1) is 6.58 Å². The monoisotopic (exact) mass is 504 g/mol. The van der Waals surface area contributed by atoms with Crippen LogP contribution in [0.3, 0.4) is 0 Å². The van der Waals surface area contributed by atoms with Gasteiger partial charge < -0.3 is 10.6 Å². The van der Waals surface area contributed by atoms with E-state index in [1.807, 2.05) is 0 Å². The van der Waals surface area contributed by atoms with Crippen LogP contribution >= 0.6 is 0 Å². The molecule has 4 aromatic rings. The van der Waals surface area contributed by atoms with Gasteiger partial charge in [0, 0.05) is 30.2 Å². The van der Waals surface area contributed by atoms with E-state index in [0.717, 1.165) is 18.2 Å². The van der Waals surface area contributed by atoms with Gasteiger partial charge in [-0.3, -0.25) is 4.98 Å². The van der Waals surface area contributed by atoms with E-state index in [-0.39, 0.29) is 40.5 Å². The van der Waals surface area contributed by atoms with E-state index in [1.54, 1.807) is 6.08 Å². The van der Waals surface area contributed by atoms with E-state index >= 15 is 0 Å². The number of pyridine rings is 2. The summed E-state index contributed by atoms with van der Waals surface area (Å²) in [6, 6.07) is 7.85. The van der Waals surface area contributed by atoms with Crippen molar-refractivity contribution in [3.63, 3.8) is 0 Å². The summed E-state index contributed by atoms with van der Waals surface area (Å²) < 4.78 is 79.2. The SMILES string of the molecule is C=CCNCc1nc(Nc2ccc(C(F)(F)F)cc2)c2ncc(-c3ncccc3C(F)(F)F)cc2n1. The average Bonchev–Trinajstić information content (AvgIpc) is 2.83. The van der Waals surface area contributed by atoms with Crippen LogP contribution in [0, 0.1) is 0 Å². The molecule has 3 aromatic heterocycles. The second-order valence-electron chi connectivity index (χ2n) is 7.60. The summed E-state index contributed by atoms with van der Waals surface area (Å²) in [5.41, 5.74) is -1.18. The van der Waals surface area contributed by atoms with Crippen LogP contribution in [0.25, 0.3) is 22.3 Å². The van der Waals surface area contributed by atoms with Crippen molar-refractivity contribution in [2.75, 3.05) is 11.9 Å². The summed E-state index contributed by atoms with van der Waals surface area (Å²) in [7, 11) is 0. The van der Waals surface area contributed by atoms with E-state index < -0.39 is 23.5 Å². The Morgan fingerprint density at radius 3 is 2.33 bits per heavy atom. The number of nitrogens with one attached hydrogen (secondary N) is 2. The molecule has 0 radical (unpaired) electrons. The summed E-state index contributed by atoms with van der Waals surface area (Å²) >= 11 is 0. The Bertz CT molecular complexity index is 1380. The Morgan fingerprint density at radius 2 is 1.67 bits per heavy atom. The van der Waals surface area contributed by atoms with E-state index in [1.165, 1.54) is 36.7 Å². The minimum absolute atomic E-state index is 0.0969. The third-order valence-electron chi connectivity index (χ3n) is 5.02. The first-order valence-electron chi connectivity index (χ1n) is 10.5. The molecule has 0 unspecified atom stereocenters. The normalized spacial score (nSPS) is 12.1. The minimum atomic E-state index is -4.63. The van der Waals surface area contributed by atoms with Gasteiger partial charge in [0.15, 0.2) is 5.82 Å². The summed E-state index contributed by atoms with van der Waals surface area (Å²) in [5, 5.41) is 5.96. The first kappa shape index (κ1) is 25.0. The topological polar surface area (TPSA) is 75.6 Å². The Labute approximate surface area is 201 Å². The second kappa shape index (κ2) is 9.90. The lowest BCUT2D eigenvalue weighted by atomic mass is 10.1. The van der Waals surface area contributed by atoms with Crippen molar-refractivity contribution < 1.29 is 26.3 Å². The molecule has 0 spiro atoms. The predicted molar refractivity (Wildman–Crippen MR) is 122 cm³/mol. The Morgan fingerprint density at radius 1 is 0.917 bits per heavy atom. The summed E-state index contributed by atoms with van der Waals surface area (Å²) in [6.45, 7) is 4.26. The Kier molecular flexibility index (Phi) is 6.88. The second-order valence-corrected chi connectivity index (χ2v) is 7.60. The summed E-state index contributed by atoms with van der Waals surface area (Å²) in [5.74, 6) is 0.466. The first-order chi connectivity index (χ1) is 17.1. The molecule has 0 aliphatic rings. The van der Waals surface area contributed by atoms with Crippen LogP contribution < -0.4 is 10.6 Å². The zero-order valence-electron chi connectivity index (χ0n) is 18.5. The quantitative estimate of drug-likeness (QED) is 0.179. The van der Waals surface area contributed by atoms with Crippen molar-refractivity contribution >= 4 is 22.5 Å². The van der Waals surface area contributed by atoms with Gasteiger partial charge in [-0.2, -0.15) is 26.3 Å². The lowest BCUT2D eigenvalue weighted by Gasteiger charge is -2.14. The molecule has 3 heterocycles. The van der Waals surface area contributed by atoms with Gasteiger partial charge in [0.1, 0.15) is 11.3 Å². The fraction of sp³-hybridized carbons (Fsp3) is 0.167. The minimum Gasteiger partial charge on any atom is -0.338 e. The molecule has 36 heavy (non-hydrogen) atoms. The smallest absolute Gasteiger partial charge is 0.338 e. The van der Waals surface area contributed by atoms with Crippen LogP contribution in [-0.2, 0) is 18.9 Å². The molecule has 0 saturated carbocycles. The molecule has 0 fully saturated rings. The largest absolute Gasteiger partial charge is 0.418 e. The van der Waals surface area contributed by atoms with Crippen LogP contribution in [0.15, 0.2) is 67.5 Å². The van der Waals surface area contributed by atoms with E-state index in [9.17, 15) is 26.3 Å². The number of anilines is 2. The first-order valence-corrected chi connectivity index (χ1v) is 10.5. The fourth-order valence-electron chi connectivity index (χ4n) is 3.39. The van der Waals surface area contributed by atoms with Gasteiger partial charge >= 0.3 is 12.4 Å². The van der Waals surface area contributed by atoms with Crippen LogP contribution in [0.1, 0.15) is 17.0 Å². The van der Waals surface area contributed by atoms with Crippen LogP contribution in [-0.4, -0.2) is 26.5 Å². The molecule has 12 heteroatoms. The van der Waals surface area contributed by atoms with Crippen molar-refractivity contribution in [2.45, 2.75) is 18.9 Å². The molecule has 6 nitrogen and oxygen atoms in total. The molecular weight excluding hydrogens is 486 g/mol. The molecule has 0 aliphatic heterocycles. The van der Waals surface area contributed by atoms with Crippen molar-refractivity contribution in [1.82, 2.24) is 25.3 Å². The predicted octanol–water partition coefficient (Wildman–Crippen LogP) is 6.14. The highest BCUT2D eigenvalue weighted by atomic mass is 19.4. The number of benzene rings is 1. The molecule has 1 aromatic carbocycles. The number of rotatable bonds is 7. The van der Waals surface area contributed by atoms with Crippen LogP contribution in [0.2, 0.25) is 0 Å². The number of nitrogens with zero attached hydrogens (tertiary/aromatic N) is 4. The Balaban J connectivity index is 1.78. The van der Waals surface area contributed by atoms with E-state index in [4.69, 9.17) is 0 Å². The highest BCUT2D eigenvalue weighted by Crippen LogP contribution is 2.36. The van der Waals surface area contributed by atoms with Crippen molar-refractivity contribution in [2.24, 2.45) is 0 Å². The maximum Gasteiger partial charge on any atom is 0.418 e. The lowest BCUT2D eigenvalue weighted by Crippen LogP contribution is -2.16. The zero-order chi connectivity index (χ0) is 25.9. The lowest BCUT2D eigenvalue weighted by molar-refractivity contribution is -0.138. The van der Waals surface area contributed by atoms with Crippen molar-refractivity contribution in [1.29, 1.82) is 0 Å². The zero-order valence-corrected chi connectivity index (χ0v) is 18.5. The standard InChI is InChI=1S/C24H18F6N6/c1-2-9-31-13-19-35-18-11-14(20-17(24(28,29)30)4-3-10-32-20)12-33-21(18)22(36-19)34-16-7-5-15(6-8-16)23(25,26)27/h2-8,10-12,31H,1,9,13H2,(H,34,35,36). The molecule has 0 aliphatic carbocycles. The maximum absolute atomic E-state index is 13.5. The van der Waals surface area contributed by atoms with Gasteiger partial charge in [0.05, 0.1) is 28.9 Å². The molecule has 0 saturated heterocycles. The van der Waals surface area contributed by atoms with Crippen LogP contribution in [0.4, 0.5) is 37.8 Å². The van der Waals surface area contributed by atoms with Crippen LogP contribution in [0.5, 0.6) is 0 Å². The number of hydrogen-bond donors (Lipinski definition) is 2. The van der Waals surface area contributed by atoms with Gasteiger partial charge in [0.25, 0.3) is 0 Å². The summed E-state index contributed by atoms with van der Waals surface area (Å²) in [4.78, 5) is 17.0. The van der Waals surface area contributed by atoms with E-state index in [0.29, 0.717) is 12.2 Å².